The highest BCUT2D eigenvalue weighted by atomic mass is 32.1. The summed E-state index contributed by atoms with van der Waals surface area (Å²) >= 11 is 5.13. The molecule has 2 N–H and O–H groups in total. The fourth-order valence-corrected chi connectivity index (χ4v) is 2.06. The van der Waals surface area contributed by atoms with E-state index >= 15 is 0 Å². The Morgan fingerprint density at radius 3 is 2.48 bits per heavy atom. The highest BCUT2D eigenvalue weighted by Gasteiger charge is 2.08. The Hall–Kier alpha value is -2.60. The zero-order valence-corrected chi connectivity index (χ0v) is 13.6. The maximum atomic E-state index is 11.8. The quantitative estimate of drug-likeness (QED) is 0.798. The van der Waals surface area contributed by atoms with Gasteiger partial charge in [-0.25, -0.2) is 0 Å². The molecule has 0 unspecified atom stereocenters. The summed E-state index contributed by atoms with van der Waals surface area (Å²) in [5.74, 6) is 0.968. The normalized spacial score (nSPS) is 9.78. The first-order valence-corrected chi connectivity index (χ1v) is 7.60. The number of nitrogens with one attached hydrogen (secondary N) is 2. The second kappa shape index (κ2) is 8.75. The number of amides is 1. The second-order valence-corrected chi connectivity index (χ2v) is 4.94. The Labute approximate surface area is 140 Å². The van der Waals surface area contributed by atoms with Gasteiger partial charge >= 0.3 is 0 Å². The third-order valence-corrected chi connectivity index (χ3v) is 3.01. The molecule has 0 radical (unpaired) electrons. The minimum absolute atomic E-state index is 0.112. The van der Waals surface area contributed by atoms with Crippen molar-refractivity contribution < 1.29 is 14.3 Å². The SMILES string of the molecule is CCOc1ccccc1NC(=S)NC(=O)COc1ccccc1. The molecular weight excluding hydrogens is 312 g/mol. The number of benzene rings is 2. The molecule has 23 heavy (non-hydrogen) atoms. The van der Waals surface area contributed by atoms with Crippen LogP contribution < -0.4 is 20.1 Å². The molecule has 0 saturated carbocycles. The molecule has 2 rings (SSSR count). The number of anilines is 1. The first-order chi connectivity index (χ1) is 11.2. The third-order valence-electron chi connectivity index (χ3n) is 2.80. The van der Waals surface area contributed by atoms with Gasteiger partial charge in [-0.15, -0.1) is 0 Å². The zero-order chi connectivity index (χ0) is 16.5. The molecule has 0 aromatic heterocycles. The largest absolute Gasteiger partial charge is 0.492 e. The number of hydrogen-bond donors (Lipinski definition) is 2. The Morgan fingerprint density at radius 2 is 1.74 bits per heavy atom. The van der Waals surface area contributed by atoms with E-state index in [2.05, 4.69) is 10.6 Å². The van der Waals surface area contributed by atoms with Crippen LogP contribution in [0.5, 0.6) is 11.5 Å². The van der Waals surface area contributed by atoms with Gasteiger partial charge in [-0.3, -0.25) is 10.1 Å². The average molecular weight is 330 g/mol. The molecule has 0 spiro atoms. The molecule has 5 nitrogen and oxygen atoms in total. The molecule has 120 valence electrons. The summed E-state index contributed by atoms with van der Waals surface area (Å²) in [7, 11) is 0. The maximum Gasteiger partial charge on any atom is 0.264 e. The molecular formula is C17H18N2O3S. The maximum absolute atomic E-state index is 11.8. The Kier molecular flexibility index (Phi) is 6.38. The highest BCUT2D eigenvalue weighted by Crippen LogP contribution is 2.23. The number of rotatable bonds is 6. The molecule has 0 atom stereocenters. The van der Waals surface area contributed by atoms with Crippen LogP contribution in [0, 0.1) is 0 Å². The van der Waals surface area contributed by atoms with Crippen molar-refractivity contribution in [2.75, 3.05) is 18.5 Å². The topological polar surface area (TPSA) is 59.6 Å². The van der Waals surface area contributed by atoms with Gasteiger partial charge < -0.3 is 14.8 Å². The summed E-state index contributed by atoms with van der Waals surface area (Å²) in [6.45, 7) is 2.33. The standard InChI is InChI=1S/C17H18N2O3S/c1-2-21-15-11-7-6-10-14(15)18-17(23)19-16(20)12-22-13-8-4-3-5-9-13/h3-11H,2,12H2,1H3,(H2,18,19,20,23). The zero-order valence-electron chi connectivity index (χ0n) is 12.7. The fourth-order valence-electron chi connectivity index (χ4n) is 1.83. The van der Waals surface area contributed by atoms with Crippen LogP contribution in [0.2, 0.25) is 0 Å². The van der Waals surface area contributed by atoms with Gasteiger partial charge in [0.25, 0.3) is 5.91 Å². The summed E-state index contributed by atoms with van der Waals surface area (Å²) in [5.41, 5.74) is 0.698. The highest BCUT2D eigenvalue weighted by molar-refractivity contribution is 7.80. The summed E-state index contributed by atoms with van der Waals surface area (Å²) in [5, 5.41) is 5.71. The molecule has 6 heteroatoms. The van der Waals surface area contributed by atoms with Gasteiger partial charge in [0, 0.05) is 0 Å². The van der Waals surface area contributed by atoms with Gasteiger partial charge in [0.1, 0.15) is 11.5 Å². The van der Waals surface area contributed by atoms with E-state index in [9.17, 15) is 4.79 Å². The molecule has 0 bridgehead atoms. The lowest BCUT2D eigenvalue weighted by Crippen LogP contribution is -2.37. The molecule has 2 aromatic rings. The van der Waals surface area contributed by atoms with Gasteiger partial charge in [0.05, 0.1) is 12.3 Å². The predicted octanol–water partition coefficient (Wildman–Crippen LogP) is 2.98. The van der Waals surface area contributed by atoms with Crippen LogP contribution in [-0.4, -0.2) is 24.2 Å². The summed E-state index contributed by atoms with van der Waals surface area (Å²) in [6, 6.07) is 16.5. The molecule has 0 saturated heterocycles. The molecule has 2 aromatic carbocycles. The van der Waals surface area contributed by atoms with Crippen molar-refractivity contribution in [3.63, 3.8) is 0 Å². The van der Waals surface area contributed by atoms with Crippen molar-refractivity contribution in [3.8, 4) is 11.5 Å². The van der Waals surface area contributed by atoms with E-state index in [1.807, 2.05) is 49.4 Å². The summed E-state index contributed by atoms with van der Waals surface area (Å²) in [6.07, 6.45) is 0. The Morgan fingerprint density at radius 1 is 1.04 bits per heavy atom. The van der Waals surface area contributed by atoms with Crippen molar-refractivity contribution in [2.45, 2.75) is 6.92 Å². The number of carbonyl (C=O) groups excluding carboxylic acids is 1. The Bertz CT molecular complexity index is 662. The van der Waals surface area contributed by atoms with Crippen LogP contribution in [0.15, 0.2) is 54.6 Å². The average Bonchev–Trinajstić information content (AvgIpc) is 2.56. The first-order valence-electron chi connectivity index (χ1n) is 7.19. The number of ether oxygens (including phenoxy) is 2. The van der Waals surface area contributed by atoms with E-state index in [0.717, 1.165) is 0 Å². The number of hydrogen-bond acceptors (Lipinski definition) is 4. The van der Waals surface area contributed by atoms with Crippen LogP contribution in [-0.2, 0) is 4.79 Å². The van der Waals surface area contributed by atoms with E-state index in [1.54, 1.807) is 12.1 Å². The smallest absolute Gasteiger partial charge is 0.264 e. The van der Waals surface area contributed by atoms with Crippen LogP contribution in [0.3, 0.4) is 0 Å². The third kappa shape index (κ3) is 5.60. The van der Waals surface area contributed by atoms with Crippen molar-refractivity contribution in [2.24, 2.45) is 0 Å². The fraction of sp³-hybridized carbons (Fsp3) is 0.176. The second-order valence-electron chi connectivity index (χ2n) is 4.53. The van der Waals surface area contributed by atoms with Crippen molar-refractivity contribution >= 4 is 28.9 Å². The Balaban J connectivity index is 1.83. The van der Waals surface area contributed by atoms with Crippen LogP contribution in [0.25, 0.3) is 0 Å². The van der Waals surface area contributed by atoms with E-state index in [1.165, 1.54) is 0 Å². The van der Waals surface area contributed by atoms with Crippen molar-refractivity contribution in [1.82, 2.24) is 5.32 Å². The lowest BCUT2D eigenvalue weighted by atomic mass is 10.3. The number of thiocarbonyl (C=S) groups is 1. The van der Waals surface area contributed by atoms with Gasteiger partial charge in [-0.2, -0.15) is 0 Å². The summed E-state index contributed by atoms with van der Waals surface area (Å²) in [4.78, 5) is 11.8. The van der Waals surface area contributed by atoms with Crippen LogP contribution in [0.4, 0.5) is 5.69 Å². The molecule has 1 amide bonds. The van der Waals surface area contributed by atoms with E-state index in [-0.39, 0.29) is 17.6 Å². The number of carbonyl (C=O) groups is 1. The van der Waals surface area contributed by atoms with Crippen molar-refractivity contribution in [3.05, 3.63) is 54.6 Å². The summed E-state index contributed by atoms with van der Waals surface area (Å²) < 4.78 is 10.8. The molecule has 0 aliphatic rings. The van der Waals surface area contributed by atoms with E-state index < -0.39 is 0 Å². The van der Waals surface area contributed by atoms with Gasteiger partial charge in [-0.05, 0) is 43.4 Å². The molecule has 0 fully saturated rings. The van der Waals surface area contributed by atoms with Crippen LogP contribution >= 0.6 is 12.2 Å². The molecule has 0 heterocycles. The first kappa shape index (κ1) is 16.8. The predicted molar refractivity (Wildman–Crippen MR) is 93.9 cm³/mol. The van der Waals surface area contributed by atoms with E-state index in [0.29, 0.717) is 23.8 Å². The minimum Gasteiger partial charge on any atom is -0.492 e. The lowest BCUT2D eigenvalue weighted by molar-refractivity contribution is -0.121. The molecule has 0 aliphatic heterocycles. The monoisotopic (exact) mass is 330 g/mol. The molecule has 0 aliphatic carbocycles. The van der Waals surface area contributed by atoms with Gasteiger partial charge in [-0.1, -0.05) is 30.3 Å². The van der Waals surface area contributed by atoms with E-state index in [4.69, 9.17) is 21.7 Å². The van der Waals surface area contributed by atoms with Crippen molar-refractivity contribution in [1.29, 1.82) is 0 Å². The van der Waals surface area contributed by atoms with Gasteiger partial charge in [0.2, 0.25) is 0 Å². The lowest BCUT2D eigenvalue weighted by Gasteiger charge is -2.13. The van der Waals surface area contributed by atoms with Gasteiger partial charge in [0.15, 0.2) is 11.7 Å². The van der Waals surface area contributed by atoms with Crippen LogP contribution in [0.1, 0.15) is 6.92 Å². The minimum atomic E-state index is -0.333. The number of para-hydroxylation sites is 3.